The number of hydrogen-bond acceptors (Lipinski definition) is 3. The van der Waals surface area contributed by atoms with E-state index in [1.807, 2.05) is 0 Å². The molecule has 1 saturated heterocycles. The fraction of sp³-hybridized carbons (Fsp3) is 0.611. The summed E-state index contributed by atoms with van der Waals surface area (Å²) in [6.45, 7) is 6.53. The molecule has 0 saturated carbocycles. The first-order valence-corrected chi connectivity index (χ1v) is 8.23. The number of benzene rings is 1. The van der Waals surface area contributed by atoms with Crippen molar-refractivity contribution in [3.8, 4) is 0 Å². The Kier molecular flexibility index (Phi) is 6.87. The maximum Gasteiger partial charge on any atom is 0.223 e. The third-order valence-electron chi connectivity index (χ3n) is 4.31. The van der Waals surface area contributed by atoms with E-state index in [-0.39, 0.29) is 11.8 Å². The minimum atomic E-state index is 0.178. The van der Waals surface area contributed by atoms with Gasteiger partial charge in [-0.05, 0) is 44.8 Å². The zero-order valence-electron chi connectivity index (χ0n) is 13.8. The van der Waals surface area contributed by atoms with Crippen molar-refractivity contribution in [3.05, 3.63) is 35.4 Å². The number of piperidine rings is 1. The number of carbonyl (C=O) groups is 1. The monoisotopic (exact) mass is 304 g/mol. The number of methoxy groups -OCH3 is 1. The Labute approximate surface area is 133 Å². The second-order valence-electron chi connectivity index (χ2n) is 6.17. The maximum atomic E-state index is 12.1. The third-order valence-corrected chi connectivity index (χ3v) is 4.31. The van der Waals surface area contributed by atoms with E-state index in [4.69, 9.17) is 4.74 Å². The number of likely N-dealkylation sites (tertiary alicyclic amines) is 1. The Hall–Kier alpha value is -1.39. The van der Waals surface area contributed by atoms with Crippen molar-refractivity contribution in [1.29, 1.82) is 0 Å². The van der Waals surface area contributed by atoms with Crippen LogP contribution in [0.25, 0.3) is 0 Å². The second-order valence-corrected chi connectivity index (χ2v) is 6.17. The van der Waals surface area contributed by atoms with Gasteiger partial charge in [0.05, 0.1) is 0 Å². The van der Waals surface area contributed by atoms with E-state index in [1.54, 1.807) is 7.11 Å². The van der Waals surface area contributed by atoms with E-state index in [0.29, 0.717) is 6.61 Å². The average Bonchev–Trinajstić information content (AvgIpc) is 2.54. The molecule has 22 heavy (non-hydrogen) atoms. The van der Waals surface area contributed by atoms with E-state index < -0.39 is 0 Å². The molecule has 1 aromatic rings. The molecular weight excluding hydrogens is 276 g/mol. The first-order chi connectivity index (χ1) is 10.7. The predicted molar refractivity (Wildman–Crippen MR) is 88.7 cm³/mol. The van der Waals surface area contributed by atoms with Crippen LogP contribution >= 0.6 is 0 Å². The fourth-order valence-corrected chi connectivity index (χ4v) is 2.88. The molecule has 4 heteroatoms. The molecule has 1 N–H and O–H groups in total. The molecule has 0 atom stereocenters. The highest BCUT2D eigenvalue weighted by molar-refractivity contribution is 5.78. The molecule has 0 spiro atoms. The van der Waals surface area contributed by atoms with Crippen molar-refractivity contribution in [3.63, 3.8) is 0 Å². The maximum absolute atomic E-state index is 12.1. The van der Waals surface area contributed by atoms with Gasteiger partial charge in [0.15, 0.2) is 0 Å². The standard InChI is InChI=1S/C18H28N2O2/c1-15-4-6-16(7-5-15)14-20-11-8-17(9-12-20)18(21)19-10-3-13-22-2/h4-7,17H,3,8-14H2,1-2H3,(H,19,21). The molecule has 0 aromatic heterocycles. The Morgan fingerprint density at radius 2 is 1.95 bits per heavy atom. The molecule has 0 radical (unpaired) electrons. The zero-order valence-corrected chi connectivity index (χ0v) is 13.8. The summed E-state index contributed by atoms with van der Waals surface area (Å²) >= 11 is 0. The minimum Gasteiger partial charge on any atom is -0.385 e. The lowest BCUT2D eigenvalue weighted by Gasteiger charge is -2.31. The fourth-order valence-electron chi connectivity index (χ4n) is 2.88. The normalized spacial score (nSPS) is 16.6. The summed E-state index contributed by atoms with van der Waals surface area (Å²) in [4.78, 5) is 14.5. The van der Waals surface area contributed by atoms with Gasteiger partial charge in [-0.1, -0.05) is 29.8 Å². The Morgan fingerprint density at radius 3 is 2.59 bits per heavy atom. The summed E-state index contributed by atoms with van der Waals surface area (Å²) in [5.41, 5.74) is 2.65. The molecule has 1 amide bonds. The topological polar surface area (TPSA) is 41.6 Å². The first-order valence-electron chi connectivity index (χ1n) is 8.23. The van der Waals surface area contributed by atoms with Gasteiger partial charge in [0.25, 0.3) is 0 Å². The van der Waals surface area contributed by atoms with Gasteiger partial charge in [0, 0.05) is 32.7 Å². The number of ether oxygens (including phenoxy) is 1. The molecular formula is C18H28N2O2. The van der Waals surface area contributed by atoms with Crippen LogP contribution in [0, 0.1) is 12.8 Å². The number of carbonyl (C=O) groups excluding carboxylic acids is 1. The highest BCUT2D eigenvalue weighted by atomic mass is 16.5. The number of nitrogens with one attached hydrogen (secondary N) is 1. The molecule has 1 fully saturated rings. The molecule has 1 aliphatic heterocycles. The van der Waals surface area contributed by atoms with E-state index in [2.05, 4.69) is 41.4 Å². The van der Waals surface area contributed by atoms with E-state index >= 15 is 0 Å². The second kappa shape index (κ2) is 8.91. The largest absolute Gasteiger partial charge is 0.385 e. The van der Waals surface area contributed by atoms with Crippen LogP contribution in [0.5, 0.6) is 0 Å². The van der Waals surface area contributed by atoms with Crippen LogP contribution in [0.1, 0.15) is 30.4 Å². The quantitative estimate of drug-likeness (QED) is 0.786. The van der Waals surface area contributed by atoms with Crippen molar-refractivity contribution in [2.75, 3.05) is 33.4 Å². The van der Waals surface area contributed by atoms with Crippen molar-refractivity contribution < 1.29 is 9.53 Å². The van der Waals surface area contributed by atoms with Gasteiger partial charge in [-0.15, -0.1) is 0 Å². The van der Waals surface area contributed by atoms with Crippen molar-refractivity contribution in [1.82, 2.24) is 10.2 Å². The van der Waals surface area contributed by atoms with E-state index in [9.17, 15) is 4.79 Å². The molecule has 0 bridgehead atoms. The summed E-state index contributed by atoms with van der Waals surface area (Å²) in [5, 5.41) is 3.02. The lowest BCUT2D eigenvalue weighted by Crippen LogP contribution is -2.40. The number of rotatable bonds is 7. The van der Waals surface area contributed by atoms with Gasteiger partial charge in [-0.3, -0.25) is 9.69 Å². The highest BCUT2D eigenvalue weighted by Gasteiger charge is 2.24. The summed E-state index contributed by atoms with van der Waals surface area (Å²) < 4.78 is 4.99. The van der Waals surface area contributed by atoms with Crippen LogP contribution in [0.2, 0.25) is 0 Å². The summed E-state index contributed by atoms with van der Waals surface area (Å²) in [5.74, 6) is 0.392. The summed E-state index contributed by atoms with van der Waals surface area (Å²) in [7, 11) is 1.69. The summed E-state index contributed by atoms with van der Waals surface area (Å²) in [6.07, 6.45) is 2.80. The van der Waals surface area contributed by atoms with Crippen LogP contribution in [0.15, 0.2) is 24.3 Å². The lowest BCUT2D eigenvalue weighted by molar-refractivity contribution is -0.126. The van der Waals surface area contributed by atoms with Gasteiger partial charge in [-0.25, -0.2) is 0 Å². The smallest absolute Gasteiger partial charge is 0.223 e. The van der Waals surface area contributed by atoms with Gasteiger partial charge in [-0.2, -0.15) is 0 Å². The molecule has 2 rings (SSSR count). The van der Waals surface area contributed by atoms with Crippen LogP contribution in [-0.4, -0.2) is 44.2 Å². The molecule has 0 aliphatic carbocycles. The SMILES string of the molecule is COCCCNC(=O)C1CCN(Cc2ccc(C)cc2)CC1. The number of nitrogens with zero attached hydrogens (tertiary/aromatic N) is 1. The van der Waals surface area contributed by atoms with Gasteiger partial charge >= 0.3 is 0 Å². The van der Waals surface area contributed by atoms with Crippen molar-refractivity contribution >= 4 is 5.91 Å². The van der Waals surface area contributed by atoms with Crippen LogP contribution < -0.4 is 5.32 Å². The molecule has 1 aliphatic rings. The molecule has 122 valence electrons. The van der Waals surface area contributed by atoms with Gasteiger partial charge < -0.3 is 10.1 Å². The Bertz CT molecular complexity index is 451. The van der Waals surface area contributed by atoms with Gasteiger partial charge in [0.2, 0.25) is 5.91 Å². The van der Waals surface area contributed by atoms with Crippen LogP contribution in [0.3, 0.4) is 0 Å². The van der Waals surface area contributed by atoms with E-state index in [1.165, 1.54) is 11.1 Å². The first kappa shape index (κ1) is 17.0. The Balaban J connectivity index is 1.68. The Morgan fingerprint density at radius 1 is 1.27 bits per heavy atom. The molecule has 1 heterocycles. The van der Waals surface area contributed by atoms with Crippen molar-refractivity contribution in [2.45, 2.75) is 32.7 Å². The van der Waals surface area contributed by atoms with Crippen molar-refractivity contribution in [2.24, 2.45) is 5.92 Å². The van der Waals surface area contributed by atoms with E-state index in [0.717, 1.165) is 45.4 Å². The average molecular weight is 304 g/mol. The summed E-state index contributed by atoms with van der Waals surface area (Å²) in [6, 6.07) is 8.72. The molecule has 1 aromatic carbocycles. The third kappa shape index (κ3) is 5.43. The lowest BCUT2D eigenvalue weighted by atomic mass is 9.95. The highest BCUT2D eigenvalue weighted by Crippen LogP contribution is 2.19. The minimum absolute atomic E-state index is 0.178. The number of amides is 1. The molecule has 4 nitrogen and oxygen atoms in total. The van der Waals surface area contributed by atoms with Crippen LogP contribution in [0.4, 0.5) is 0 Å². The van der Waals surface area contributed by atoms with Gasteiger partial charge in [0.1, 0.15) is 0 Å². The molecule has 0 unspecified atom stereocenters. The zero-order chi connectivity index (χ0) is 15.8. The predicted octanol–water partition coefficient (Wildman–Crippen LogP) is 2.36. The number of hydrogen-bond donors (Lipinski definition) is 1. The van der Waals surface area contributed by atoms with Crippen LogP contribution in [-0.2, 0) is 16.1 Å². The number of aryl methyl sites for hydroxylation is 1.